The van der Waals surface area contributed by atoms with Crippen LogP contribution >= 0.6 is 0 Å². The van der Waals surface area contributed by atoms with Crippen LogP contribution in [0.4, 0.5) is 0 Å². The fourth-order valence-electron chi connectivity index (χ4n) is 2.73. The first kappa shape index (κ1) is 15.0. The summed E-state index contributed by atoms with van der Waals surface area (Å²) < 4.78 is 0. The molecule has 0 aliphatic heterocycles. The van der Waals surface area contributed by atoms with Crippen LogP contribution in [0, 0.1) is 23.2 Å². The predicted octanol–water partition coefficient (Wildman–Crippen LogP) is 5.52. The second-order valence-electron chi connectivity index (χ2n) is 6.69. The molecular weight excluding hydrogens is 180 g/mol. The number of hydrogen-bond acceptors (Lipinski definition) is 0. The van der Waals surface area contributed by atoms with Gasteiger partial charge in [0.1, 0.15) is 0 Å². The molecule has 0 spiro atoms. The molecule has 0 N–H and O–H groups in total. The molecule has 0 fully saturated rings. The number of rotatable bonds is 7. The van der Waals surface area contributed by atoms with Gasteiger partial charge in [0.05, 0.1) is 0 Å². The van der Waals surface area contributed by atoms with Crippen molar-refractivity contribution in [3.63, 3.8) is 0 Å². The van der Waals surface area contributed by atoms with Gasteiger partial charge in [-0.05, 0) is 36.0 Å². The van der Waals surface area contributed by atoms with E-state index in [-0.39, 0.29) is 0 Å². The topological polar surface area (TPSA) is 0 Å². The van der Waals surface area contributed by atoms with Crippen molar-refractivity contribution in [2.75, 3.05) is 0 Å². The largest absolute Gasteiger partial charge is 0.0654 e. The van der Waals surface area contributed by atoms with E-state index < -0.39 is 0 Å². The van der Waals surface area contributed by atoms with Gasteiger partial charge in [0.25, 0.3) is 0 Å². The third-order valence-electron chi connectivity index (χ3n) is 3.70. The Hall–Kier alpha value is 0. The van der Waals surface area contributed by atoms with Gasteiger partial charge in [-0.15, -0.1) is 0 Å². The minimum Gasteiger partial charge on any atom is -0.0654 e. The lowest BCUT2D eigenvalue weighted by Gasteiger charge is -2.32. The van der Waals surface area contributed by atoms with Gasteiger partial charge in [-0.1, -0.05) is 61.3 Å². The molecule has 2 unspecified atom stereocenters. The fraction of sp³-hybridized carbons (Fsp3) is 1.00. The van der Waals surface area contributed by atoms with E-state index in [0.29, 0.717) is 5.41 Å². The van der Waals surface area contributed by atoms with Gasteiger partial charge >= 0.3 is 0 Å². The third-order valence-corrected chi connectivity index (χ3v) is 3.70. The minimum atomic E-state index is 0.526. The summed E-state index contributed by atoms with van der Waals surface area (Å²) in [6, 6.07) is 0. The fourth-order valence-corrected chi connectivity index (χ4v) is 2.73. The van der Waals surface area contributed by atoms with Crippen LogP contribution in [0.2, 0.25) is 0 Å². The zero-order valence-electron chi connectivity index (χ0n) is 12.1. The van der Waals surface area contributed by atoms with Crippen LogP contribution < -0.4 is 0 Å². The van der Waals surface area contributed by atoms with Crippen LogP contribution in [0.3, 0.4) is 0 Å². The van der Waals surface area contributed by atoms with Crippen LogP contribution in [-0.2, 0) is 0 Å². The lowest BCUT2D eigenvalue weighted by atomic mass is 9.74. The van der Waals surface area contributed by atoms with Crippen molar-refractivity contribution in [2.45, 2.75) is 74.1 Å². The van der Waals surface area contributed by atoms with Crippen molar-refractivity contribution in [1.82, 2.24) is 0 Å². The summed E-state index contributed by atoms with van der Waals surface area (Å²) in [7, 11) is 0. The molecule has 0 aliphatic carbocycles. The van der Waals surface area contributed by atoms with E-state index in [1.165, 1.54) is 25.7 Å². The van der Waals surface area contributed by atoms with Crippen molar-refractivity contribution >= 4 is 0 Å². The molecule has 0 aromatic heterocycles. The second kappa shape index (κ2) is 6.55. The van der Waals surface area contributed by atoms with Crippen molar-refractivity contribution in [2.24, 2.45) is 23.2 Å². The van der Waals surface area contributed by atoms with E-state index in [2.05, 4.69) is 48.5 Å². The smallest absolute Gasteiger partial charge is 0.0349 e. The molecule has 0 bridgehead atoms. The molecule has 0 rings (SSSR count). The van der Waals surface area contributed by atoms with Crippen molar-refractivity contribution < 1.29 is 0 Å². The van der Waals surface area contributed by atoms with Crippen LogP contribution in [-0.4, -0.2) is 0 Å². The van der Waals surface area contributed by atoms with Gasteiger partial charge in [0, 0.05) is 0 Å². The Balaban J connectivity index is 4.05. The Bertz CT molecular complexity index is 155. The lowest BCUT2D eigenvalue weighted by molar-refractivity contribution is 0.191. The first-order valence-corrected chi connectivity index (χ1v) is 6.78. The SMILES string of the molecule is CCCC(C)CC(C)(C)CC(C)C(C)C. The van der Waals surface area contributed by atoms with Crippen LogP contribution in [0.15, 0.2) is 0 Å². The van der Waals surface area contributed by atoms with E-state index in [0.717, 1.165) is 17.8 Å². The highest BCUT2D eigenvalue weighted by Gasteiger charge is 2.24. The average Bonchev–Trinajstić information content (AvgIpc) is 2.01. The van der Waals surface area contributed by atoms with Gasteiger partial charge in [-0.2, -0.15) is 0 Å². The average molecular weight is 212 g/mol. The molecular formula is C15H32. The Morgan fingerprint density at radius 1 is 0.933 bits per heavy atom. The molecule has 0 aliphatic rings. The molecule has 0 radical (unpaired) electrons. The molecule has 0 heteroatoms. The van der Waals surface area contributed by atoms with Gasteiger partial charge < -0.3 is 0 Å². The Morgan fingerprint density at radius 2 is 1.47 bits per heavy atom. The Morgan fingerprint density at radius 3 is 1.87 bits per heavy atom. The molecule has 92 valence electrons. The Kier molecular flexibility index (Phi) is 6.55. The van der Waals surface area contributed by atoms with Gasteiger partial charge in [-0.25, -0.2) is 0 Å². The summed E-state index contributed by atoms with van der Waals surface area (Å²) in [5.74, 6) is 2.57. The third kappa shape index (κ3) is 6.98. The molecule has 0 saturated heterocycles. The van der Waals surface area contributed by atoms with E-state index in [4.69, 9.17) is 0 Å². The molecule has 0 aromatic rings. The van der Waals surface area contributed by atoms with E-state index in [1.807, 2.05) is 0 Å². The summed E-state index contributed by atoms with van der Waals surface area (Å²) in [4.78, 5) is 0. The molecule has 15 heavy (non-hydrogen) atoms. The van der Waals surface area contributed by atoms with Crippen molar-refractivity contribution in [1.29, 1.82) is 0 Å². The van der Waals surface area contributed by atoms with Crippen LogP contribution in [0.5, 0.6) is 0 Å². The summed E-state index contributed by atoms with van der Waals surface area (Å²) in [5.41, 5.74) is 0.526. The highest BCUT2D eigenvalue weighted by Crippen LogP contribution is 2.35. The highest BCUT2D eigenvalue weighted by atomic mass is 14.3. The highest BCUT2D eigenvalue weighted by molar-refractivity contribution is 4.75. The maximum Gasteiger partial charge on any atom is -0.0349 e. The van der Waals surface area contributed by atoms with E-state index >= 15 is 0 Å². The molecule has 0 heterocycles. The van der Waals surface area contributed by atoms with Crippen LogP contribution in [0.25, 0.3) is 0 Å². The zero-order valence-corrected chi connectivity index (χ0v) is 12.1. The summed E-state index contributed by atoms with van der Waals surface area (Å²) >= 11 is 0. The van der Waals surface area contributed by atoms with E-state index in [9.17, 15) is 0 Å². The predicted molar refractivity (Wildman–Crippen MR) is 71.1 cm³/mol. The molecule has 0 nitrogen and oxygen atoms in total. The lowest BCUT2D eigenvalue weighted by Crippen LogP contribution is -2.21. The van der Waals surface area contributed by atoms with Crippen LogP contribution in [0.1, 0.15) is 74.1 Å². The quantitative estimate of drug-likeness (QED) is 0.521. The monoisotopic (exact) mass is 212 g/mol. The molecule has 0 aromatic carbocycles. The van der Waals surface area contributed by atoms with Gasteiger partial charge in [0.15, 0.2) is 0 Å². The molecule has 2 atom stereocenters. The molecule has 0 amide bonds. The molecule has 0 saturated carbocycles. The minimum absolute atomic E-state index is 0.526. The number of hydrogen-bond donors (Lipinski definition) is 0. The maximum atomic E-state index is 2.44. The van der Waals surface area contributed by atoms with Gasteiger partial charge in [0.2, 0.25) is 0 Å². The first-order valence-electron chi connectivity index (χ1n) is 6.78. The second-order valence-corrected chi connectivity index (χ2v) is 6.69. The maximum absolute atomic E-state index is 2.44. The first-order chi connectivity index (χ1) is 6.78. The normalized spacial score (nSPS) is 16.8. The zero-order chi connectivity index (χ0) is 12.1. The van der Waals surface area contributed by atoms with E-state index in [1.54, 1.807) is 0 Å². The van der Waals surface area contributed by atoms with Crippen molar-refractivity contribution in [3.8, 4) is 0 Å². The van der Waals surface area contributed by atoms with Gasteiger partial charge in [-0.3, -0.25) is 0 Å². The van der Waals surface area contributed by atoms with Crippen molar-refractivity contribution in [3.05, 3.63) is 0 Å². The summed E-state index contributed by atoms with van der Waals surface area (Å²) in [6.07, 6.45) is 5.48. The summed E-state index contributed by atoms with van der Waals surface area (Å²) in [5, 5.41) is 0. The summed E-state index contributed by atoms with van der Waals surface area (Å²) in [6.45, 7) is 16.7. The standard InChI is InChI=1S/C15H32/c1-8-9-13(4)10-15(6,7)11-14(5)12(2)3/h12-14H,8-11H2,1-7H3. The Labute approximate surface area is 97.8 Å².